The summed E-state index contributed by atoms with van der Waals surface area (Å²) in [5.41, 5.74) is 5.62. The van der Waals surface area contributed by atoms with Crippen LogP contribution in [0.25, 0.3) is 10.8 Å². The molecule has 0 aromatic heterocycles. The van der Waals surface area contributed by atoms with Gasteiger partial charge in [-0.05, 0) is 0 Å². The Hall–Kier alpha value is -0.820. The standard InChI is InChI=1S/C10H9.C9H13.Hf/c1-8-6-7-9-4-2-3-5-10(8)9;1-6-5-7(2)9(4)8(6)3;/h2-7H,1H3;6H,1-4H3;/q2*-1;. The average Bonchev–Trinajstić information content (AvgIpc) is 2.88. The molecule has 0 aliphatic heterocycles. The van der Waals surface area contributed by atoms with Crippen molar-refractivity contribution in [3.05, 3.63) is 64.8 Å². The van der Waals surface area contributed by atoms with Gasteiger partial charge in [0.05, 0.1) is 0 Å². The van der Waals surface area contributed by atoms with E-state index in [9.17, 15) is 0 Å². The van der Waals surface area contributed by atoms with Gasteiger partial charge in [-0.1, -0.05) is 39.7 Å². The number of rotatable bonds is 0. The third-order valence-electron chi connectivity index (χ3n) is 4.14. The van der Waals surface area contributed by atoms with Crippen LogP contribution in [0.2, 0.25) is 0 Å². The van der Waals surface area contributed by atoms with Crippen LogP contribution in [0.15, 0.2) is 53.1 Å². The van der Waals surface area contributed by atoms with Crippen LogP contribution in [0.5, 0.6) is 0 Å². The zero-order valence-electron chi connectivity index (χ0n) is 13.0. The SMILES string of the molecule is CC1=[C-]C(C)C(C)=C1C.C[c-]1ccc2ccccc21.[Hf]. The van der Waals surface area contributed by atoms with E-state index in [1.807, 2.05) is 0 Å². The monoisotopic (exact) mass is 430 g/mol. The van der Waals surface area contributed by atoms with Gasteiger partial charge in [-0.2, -0.15) is 23.3 Å². The molecule has 0 bridgehead atoms. The van der Waals surface area contributed by atoms with Crippen LogP contribution in [-0.4, -0.2) is 0 Å². The minimum Gasteiger partial charge on any atom is -0.266 e. The average molecular weight is 429 g/mol. The normalized spacial score (nSPS) is 17.4. The molecule has 0 spiro atoms. The predicted octanol–water partition coefficient (Wildman–Crippen LogP) is 5.59. The maximum Gasteiger partial charge on any atom is 0 e. The first-order valence-electron chi connectivity index (χ1n) is 6.89. The molecule has 0 fully saturated rings. The maximum absolute atomic E-state index is 3.36. The summed E-state index contributed by atoms with van der Waals surface area (Å²) in [4.78, 5) is 0. The molecule has 0 N–H and O–H groups in total. The summed E-state index contributed by atoms with van der Waals surface area (Å²) in [7, 11) is 0. The van der Waals surface area contributed by atoms with Crippen molar-refractivity contribution in [1.29, 1.82) is 0 Å². The van der Waals surface area contributed by atoms with Crippen LogP contribution in [0.3, 0.4) is 0 Å². The number of hydrogen-bond acceptors (Lipinski definition) is 0. The van der Waals surface area contributed by atoms with E-state index in [1.54, 1.807) is 0 Å². The first-order chi connectivity index (χ1) is 9.00. The van der Waals surface area contributed by atoms with E-state index in [2.05, 4.69) is 77.1 Å². The second-order valence-corrected chi connectivity index (χ2v) is 5.40. The van der Waals surface area contributed by atoms with Gasteiger partial charge in [-0.25, -0.2) is 5.57 Å². The molecule has 0 radical (unpaired) electrons. The fraction of sp³-hybridized carbons (Fsp3) is 0.316. The van der Waals surface area contributed by atoms with Gasteiger partial charge in [0.1, 0.15) is 0 Å². The summed E-state index contributed by atoms with van der Waals surface area (Å²) in [5.74, 6) is 0.560. The number of benzene rings is 1. The fourth-order valence-corrected chi connectivity index (χ4v) is 2.47. The van der Waals surface area contributed by atoms with Crippen molar-refractivity contribution < 1.29 is 25.8 Å². The Kier molecular flexibility index (Phi) is 6.26. The van der Waals surface area contributed by atoms with E-state index in [0.717, 1.165) is 0 Å². The summed E-state index contributed by atoms with van der Waals surface area (Å²) < 4.78 is 0. The van der Waals surface area contributed by atoms with Gasteiger partial charge < -0.3 is 0 Å². The van der Waals surface area contributed by atoms with Gasteiger partial charge in [0, 0.05) is 25.8 Å². The summed E-state index contributed by atoms with van der Waals surface area (Å²) in [6.45, 7) is 10.8. The predicted molar refractivity (Wildman–Crippen MR) is 84.2 cm³/mol. The zero-order chi connectivity index (χ0) is 14.0. The summed E-state index contributed by atoms with van der Waals surface area (Å²) in [6.07, 6.45) is 3.36. The van der Waals surface area contributed by atoms with Crippen molar-refractivity contribution in [3.63, 3.8) is 0 Å². The first-order valence-corrected chi connectivity index (χ1v) is 6.89. The number of aryl methyl sites for hydroxylation is 1. The van der Waals surface area contributed by atoms with E-state index >= 15 is 0 Å². The van der Waals surface area contributed by atoms with Crippen molar-refractivity contribution in [3.8, 4) is 0 Å². The number of hydrogen-bond donors (Lipinski definition) is 0. The van der Waals surface area contributed by atoms with Crippen LogP contribution in [0.4, 0.5) is 0 Å². The van der Waals surface area contributed by atoms with E-state index in [0.29, 0.717) is 5.92 Å². The van der Waals surface area contributed by atoms with Crippen molar-refractivity contribution in [2.75, 3.05) is 0 Å². The molecule has 0 nitrogen and oxygen atoms in total. The maximum atomic E-state index is 3.36. The molecular formula is C19H22Hf-2. The molecule has 1 atom stereocenters. The first kappa shape index (κ1) is 17.2. The van der Waals surface area contributed by atoms with Crippen molar-refractivity contribution in [2.45, 2.75) is 34.6 Å². The molecule has 1 unspecified atom stereocenters. The molecule has 0 saturated carbocycles. The molecule has 0 heterocycles. The van der Waals surface area contributed by atoms with Gasteiger partial charge in [0.25, 0.3) is 0 Å². The van der Waals surface area contributed by atoms with Gasteiger partial charge >= 0.3 is 0 Å². The van der Waals surface area contributed by atoms with Crippen LogP contribution in [-0.2, 0) is 25.8 Å². The second-order valence-electron chi connectivity index (χ2n) is 5.40. The Balaban J connectivity index is 0.000000192. The van der Waals surface area contributed by atoms with Crippen LogP contribution >= 0.6 is 0 Å². The van der Waals surface area contributed by atoms with Gasteiger partial charge in [0.15, 0.2) is 0 Å². The third kappa shape index (κ3) is 3.63. The number of fused-ring (bicyclic) bond motifs is 1. The van der Waals surface area contributed by atoms with Gasteiger partial charge in [0.2, 0.25) is 0 Å². The smallest absolute Gasteiger partial charge is 0 e. The van der Waals surface area contributed by atoms with E-state index in [4.69, 9.17) is 0 Å². The largest absolute Gasteiger partial charge is 0.266 e. The Bertz CT molecular complexity index is 641. The Morgan fingerprint density at radius 3 is 2.15 bits per heavy atom. The minimum atomic E-state index is 0. The van der Waals surface area contributed by atoms with E-state index in [-0.39, 0.29) is 25.8 Å². The Morgan fingerprint density at radius 1 is 1.05 bits per heavy atom. The molecule has 0 amide bonds. The molecule has 1 heteroatoms. The molecule has 20 heavy (non-hydrogen) atoms. The molecule has 104 valence electrons. The topological polar surface area (TPSA) is 0 Å². The van der Waals surface area contributed by atoms with Gasteiger partial charge in [-0.15, -0.1) is 41.5 Å². The third-order valence-corrected chi connectivity index (χ3v) is 4.14. The van der Waals surface area contributed by atoms with Crippen LogP contribution < -0.4 is 0 Å². The molecule has 0 saturated heterocycles. The quantitative estimate of drug-likeness (QED) is 0.379. The molecule has 2 aromatic rings. The number of allylic oxidation sites excluding steroid dienone is 4. The summed E-state index contributed by atoms with van der Waals surface area (Å²) >= 11 is 0. The van der Waals surface area contributed by atoms with Crippen molar-refractivity contribution >= 4 is 10.8 Å². The molecule has 1 aliphatic carbocycles. The van der Waals surface area contributed by atoms with Gasteiger partial charge in [-0.3, -0.25) is 6.08 Å². The molecule has 3 rings (SSSR count). The summed E-state index contributed by atoms with van der Waals surface area (Å²) in [5, 5.41) is 2.72. The van der Waals surface area contributed by atoms with Crippen LogP contribution in [0, 0.1) is 18.9 Å². The molecular weight excluding hydrogens is 407 g/mol. The molecule has 1 aliphatic rings. The van der Waals surface area contributed by atoms with Crippen molar-refractivity contribution in [2.24, 2.45) is 5.92 Å². The van der Waals surface area contributed by atoms with E-state index in [1.165, 1.54) is 33.1 Å². The van der Waals surface area contributed by atoms with Crippen molar-refractivity contribution in [1.82, 2.24) is 0 Å². The Labute approximate surface area is 141 Å². The fourth-order valence-electron chi connectivity index (χ4n) is 2.47. The van der Waals surface area contributed by atoms with Crippen LogP contribution in [0.1, 0.15) is 33.3 Å². The second kappa shape index (κ2) is 7.26. The summed E-state index contributed by atoms with van der Waals surface area (Å²) in [6, 6.07) is 12.8. The minimum absolute atomic E-state index is 0. The Morgan fingerprint density at radius 2 is 1.70 bits per heavy atom. The zero-order valence-corrected chi connectivity index (χ0v) is 16.6. The molecule has 2 aromatic carbocycles. The van der Waals surface area contributed by atoms with E-state index < -0.39 is 0 Å².